The van der Waals surface area contributed by atoms with Crippen molar-refractivity contribution in [1.29, 1.82) is 0 Å². The molecule has 3 aromatic rings. The van der Waals surface area contributed by atoms with Crippen LogP contribution in [0.5, 0.6) is 0 Å². The van der Waals surface area contributed by atoms with E-state index < -0.39 is 10.0 Å². The maximum absolute atomic E-state index is 12.9. The van der Waals surface area contributed by atoms with Crippen LogP contribution >= 0.6 is 11.8 Å². The fraction of sp³-hybridized carbons (Fsp3) is 0.333. The first kappa shape index (κ1) is 22.4. The normalized spacial score (nSPS) is 15.2. The van der Waals surface area contributed by atoms with E-state index in [1.54, 1.807) is 33.3 Å². The Hall–Kier alpha value is -2.76. The van der Waals surface area contributed by atoms with E-state index in [1.165, 1.54) is 11.8 Å². The molecule has 11 heteroatoms. The monoisotopic (exact) mass is 472 g/mol. The lowest BCUT2D eigenvalue weighted by atomic mass is 10.2. The minimum Gasteiger partial charge on any atom is -0.325 e. The SMILES string of the molecule is O=C(CSc1nnnn1-c1ccccc1)Nc1ccc(S(=O)(=O)N2CCCCCC2)cc1. The van der Waals surface area contributed by atoms with Gasteiger partial charge < -0.3 is 5.32 Å². The Morgan fingerprint density at radius 3 is 2.34 bits per heavy atom. The Labute approximate surface area is 191 Å². The number of nitrogens with one attached hydrogen (secondary N) is 1. The van der Waals surface area contributed by atoms with E-state index in [4.69, 9.17) is 0 Å². The van der Waals surface area contributed by atoms with Crippen molar-refractivity contribution in [3.8, 4) is 5.69 Å². The van der Waals surface area contributed by atoms with Gasteiger partial charge in [-0.1, -0.05) is 42.8 Å². The van der Waals surface area contributed by atoms with E-state index in [1.807, 2.05) is 30.3 Å². The van der Waals surface area contributed by atoms with Gasteiger partial charge in [0.2, 0.25) is 21.1 Å². The van der Waals surface area contributed by atoms with Gasteiger partial charge in [-0.2, -0.15) is 8.99 Å². The molecule has 0 spiro atoms. The predicted octanol–water partition coefficient (Wildman–Crippen LogP) is 2.96. The summed E-state index contributed by atoms with van der Waals surface area (Å²) < 4.78 is 28.9. The highest BCUT2D eigenvalue weighted by atomic mass is 32.2. The molecule has 0 aliphatic carbocycles. The number of tetrazole rings is 1. The summed E-state index contributed by atoms with van der Waals surface area (Å²) in [7, 11) is -3.51. The Kier molecular flexibility index (Phi) is 7.18. The van der Waals surface area contributed by atoms with E-state index in [0.29, 0.717) is 23.9 Å². The molecule has 0 radical (unpaired) electrons. The van der Waals surface area contributed by atoms with Gasteiger partial charge >= 0.3 is 0 Å². The van der Waals surface area contributed by atoms with E-state index in [9.17, 15) is 13.2 Å². The van der Waals surface area contributed by atoms with Crippen LogP contribution in [0, 0.1) is 0 Å². The van der Waals surface area contributed by atoms with Gasteiger partial charge in [0.25, 0.3) is 0 Å². The lowest BCUT2D eigenvalue weighted by Gasteiger charge is -2.20. The number of thioether (sulfide) groups is 1. The van der Waals surface area contributed by atoms with Gasteiger partial charge in [-0.3, -0.25) is 4.79 Å². The zero-order chi connectivity index (χ0) is 22.4. The minimum absolute atomic E-state index is 0.112. The largest absolute Gasteiger partial charge is 0.325 e. The summed E-state index contributed by atoms with van der Waals surface area (Å²) >= 11 is 1.22. The summed E-state index contributed by atoms with van der Waals surface area (Å²) in [5, 5.41) is 14.9. The summed E-state index contributed by atoms with van der Waals surface area (Å²) in [6, 6.07) is 15.7. The third kappa shape index (κ3) is 5.34. The first-order chi connectivity index (χ1) is 15.5. The van der Waals surface area contributed by atoms with Crippen LogP contribution in [0.4, 0.5) is 5.69 Å². The number of benzene rings is 2. The summed E-state index contributed by atoms with van der Waals surface area (Å²) in [5.41, 5.74) is 1.34. The Morgan fingerprint density at radius 2 is 1.66 bits per heavy atom. The highest BCUT2D eigenvalue weighted by Gasteiger charge is 2.25. The first-order valence-corrected chi connectivity index (χ1v) is 12.8. The maximum atomic E-state index is 12.9. The van der Waals surface area contributed by atoms with E-state index in [-0.39, 0.29) is 16.6 Å². The van der Waals surface area contributed by atoms with Crippen LogP contribution in [0.2, 0.25) is 0 Å². The quantitative estimate of drug-likeness (QED) is 0.526. The lowest BCUT2D eigenvalue weighted by Crippen LogP contribution is -2.31. The van der Waals surface area contributed by atoms with Crippen LogP contribution in [-0.2, 0) is 14.8 Å². The van der Waals surface area contributed by atoms with Gasteiger partial charge in [0.15, 0.2) is 0 Å². The predicted molar refractivity (Wildman–Crippen MR) is 122 cm³/mol. The molecule has 0 unspecified atom stereocenters. The van der Waals surface area contributed by atoms with E-state index in [0.717, 1.165) is 31.4 Å². The van der Waals surface area contributed by atoms with Crippen molar-refractivity contribution in [2.45, 2.75) is 35.7 Å². The smallest absolute Gasteiger partial charge is 0.243 e. The summed E-state index contributed by atoms with van der Waals surface area (Å²) in [4.78, 5) is 12.6. The van der Waals surface area contributed by atoms with Crippen molar-refractivity contribution in [1.82, 2.24) is 24.5 Å². The van der Waals surface area contributed by atoms with Gasteiger partial charge in [-0.05, 0) is 59.7 Å². The standard InChI is InChI=1S/C21H24N6O3S2/c28-20(16-31-21-23-24-25-27(21)18-8-4-3-5-9-18)22-17-10-12-19(13-11-17)32(29,30)26-14-6-1-2-7-15-26/h3-5,8-13H,1-2,6-7,14-16H2,(H,22,28). The third-order valence-electron chi connectivity index (χ3n) is 5.11. The average Bonchev–Trinajstić information content (AvgIpc) is 3.10. The number of rotatable bonds is 7. The molecule has 9 nitrogen and oxygen atoms in total. The number of sulfonamides is 1. The fourth-order valence-corrected chi connectivity index (χ4v) is 5.68. The molecule has 1 amide bonds. The molecule has 0 atom stereocenters. The molecule has 1 fully saturated rings. The van der Waals surface area contributed by atoms with Gasteiger partial charge in [0.05, 0.1) is 16.3 Å². The number of para-hydroxylation sites is 1. The average molecular weight is 473 g/mol. The number of hydrogen-bond acceptors (Lipinski definition) is 7. The molecule has 168 valence electrons. The van der Waals surface area contributed by atoms with Crippen LogP contribution < -0.4 is 5.32 Å². The number of aromatic nitrogens is 4. The molecule has 32 heavy (non-hydrogen) atoms. The molecule has 4 rings (SSSR count). The first-order valence-electron chi connectivity index (χ1n) is 10.4. The zero-order valence-corrected chi connectivity index (χ0v) is 19.1. The summed E-state index contributed by atoms with van der Waals surface area (Å²) in [6.07, 6.45) is 3.90. The van der Waals surface area contributed by atoms with Gasteiger partial charge in [0.1, 0.15) is 0 Å². The summed E-state index contributed by atoms with van der Waals surface area (Å²) in [6.45, 7) is 1.11. The highest BCUT2D eigenvalue weighted by molar-refractivity contribution is 7.99. The number of nitrogens with zero attached hydrogens (tertiary/aromatic N) is 5. The number of amides is 1. The molecule has 0 saturated carbocycles. The Bertz CT molecular complexity index is 1140. The molecule has 1 aromatic heterocycles. The highest BCUT2D eigenvalue weighted by Crippen LogP contribution is 2.22. The second-order valence-electron chi connectivity index (χ2n) is 7.39. The van der Waals surface area contributed by atoms with Crippen LogP contribution in [0.15, 0.2) is 64.6 Å². The zero-order valence-electron chi connectivity index (χ0n) is 17.4. The van der Waals surface area contributed by atoms with Gasteiger partial charge in [-0.15, -0.1) is 5.10 Å². The van der Waals surface area contributed by atoms with Crippen LogP contribution in [-0.4, -0.2) is 57.7 Å². The molecule has 1 saturated heterocycles. The number of anilines is 1. The lowest BCUT2D eigenvalue weighted by molar-refractivity contribution is -0.113. The molecular weight excluding hydrogens is 448 g/mol. The van der Waals surface area contributed by atoms with Crippen molar-refractivity contribution in [2.75, 3.05) is 24.2 Å². The summed E-state index contributed by atoms with van der Waals surface area (Å²) in [5.74, 6) is -0.123. The van der Waals surface area contributed by atoms with E-state index >= 15 is 0 Å². The van der Waals surface area contributed by atoms with Crippen molar-refractivity contribution in [3.63, 3.8) is 0 Å². The third-order valence-corrected chi connectivity index (χ3v) is 7.95. The molecule has 2 heterocycles. The Morgan fingerprint density at radius 1 is 0.969 bits per heavy atom. The number of hydrogen-bond donors (Lipinski definition) is 1. The van der Waals surface area contributed by atoms with Crippen LogP contribution in [0.25, 0.3) is 5.69 Å². The molecule has 1 aliphatic heterocycles. The molecule has 1 aliphatic rings. The number of carbonyl (C=O) groups excluding carboxylic acids is 1. The van der Waals surface area contributed by atoms with E-state index in [2.05, 4.69) is 20.8 Å². The second kappa shape index (κ2) is 10.2. The minimum atomic E-state index is -3.51. The molecule has 1 N–H and O–H groups in total. The van der Waals surface area contributed by atoms with Gasteiger partial charge in [-0.25, -0.2) is 8.42 Å². The molecule has 0 bridgehead atoms. The second-order valence-corrected chi connectivity index (χ2v) is 10.3. The van der Waals surface area contributed by atoms with Crippen LogP contribution in [0.1, 0.15) is 25.7 Å². The van der Waals surface area contributed by atoms with Crippen molar-refractivity contribution in [3.05, 3.63) is 54.6 Å². The number of carbonyl (C=O) groups is 1. The molecule has 2 aromatic carbocycles. The van der Waals surface area contributed by atoms with Crippen molar-refractivity contribution < 1.29 is 13.2 Å². The molecular formula is C21H24N6O3S2. The van der Waals surface area contributed by atoms with Crippen molar-refractivity contribution >= 4 is 33.4 Å². The van der Waals surface area contributed by atoms with Gasteiger partial charge in [0, 0.05) is 18.8 Å². The Balaban J connectivity index is 1.35. The topological polar surface area (TPSA) is 110 Å². The fourth-order valence-electron chi connectivity index (χ4n) is 3.47. The van der Waals surface area contributed by atoms with Crippen LogP contribution in [0.3, 0.4) is 0 Å². The van der Waals surface area contributed by atoms with Crippen molar-refractivity contribution in [2.24, 2.45) is 0 Å². The maximum Gasteiger partial charge on any atom is 0.243 e.